The number of pyridine rings is 1. The largest absolute Gasteiger partial charge is 0.324 e. The van der Waals surface area contributed by atoms with Crippen molar-refractivity contribution in [2.45, 2.75) is 11.4 Å². The van der Waals surface area contributed by atoms with Gasteiger partial charge in [-0.2, -0.15) is 0 Å². The van der Waals surface area contributed by atoms with Gasteiger partial charge >= 0.3 is 0 Å². The molecule has 17 heavy (non-hydrogen) atoms. The van der Waals surface area contributed by atoms with Gasteiger partial charge in [0.15, 0.2) is 15.7 Å². The summed E-state index contributed by atoms with van der Waals surface area (Å²) >= 11 is 0. The molecular formula is C10H12N4O2S. The Balaban J connectivity index is 2.69. The molecule has 2 aromatic heterocycles. The zero-order chi connectivity index (χ0) is 12.5. The van der Waals surface area contributed by atoms with Crippen molar-refractivity contribution in [3.8, 4) is 5.82 Å². The van der Waals surface area contributed by atoms with Crippen molar-refractivity contribution < 1.29 is 8.42 Å². The predicted molar refractivity (Wildman–Crippen MR) is 62.4 cm³/mol. The molecule has 2 rings (SSSR count). The van der Waals surface area contributed by atoms with E-state index >= 15 is 0 Å². The Hall–Kier alpha value is -1.73. The van der Waals surface area contributed by atoms with Crippen molar-refractivity contribution in [1.82, 2.24) is 14.5 Å². The average Bonchev–Trinajstić information content (AvgIpc) is 2.75. The molecule has 0 spiro atoms. The lowest BCUT2D eigenvalue weighted by atomic mass is 10.4. The number of nitrogens with zero attached hydrogens (tertiary/aromatic N) is 3. The number of rotatable bonds is 3. The summed E-state index contributed by atoms with van der Waals surface area (Å²) < 4.78 is 24.9. The van der Waals surface area contributed by atoms with Gasteiger partial charge in [0.1, 0.15) is 10.7 Å². The number of nitrogens with two attached hydrogens (primary N) is 1. The molecule has 0 aliphatic rings. The molecule has 7 heteroatoms. The van der Waals surface area contributed by atoms with Gasteiger partial charge in [0, 0.05) is 24.8 Å². The van der Waals surface area contributed by atoms with Crippen molar-refractivity contribution >= 4 is 9.84 Å². The highest BCUT2D eigenvalue weighted by Crippen LogP contribution is 2.18. The first-order valence-corrected chi connectivity index (χ1v) is 6.81. The molecule has 2 N–H and O–H groups in total. The number of sulfone groups is 1. The summed E-state index contributed by atoms with van der Waals surface area (Å²) in [6, 6.07) is 3.09. The first-order chi connectivity index (χ1) is 8.04. The summed E-state index contributed by atoms with van der Waals surface area (Å²) in [6.07, 6.45) is 5.87. The second-order valence-electron chi connectivity index (χ2n) is 3.51. The van der Waals surface area contributed by atoms with Gasteiger partial charge in [-0.15, -0.1) is 0 Å². The SMILES string of the molecule is CS(=O)(=O)c1cccnc1-n1ccnc1CN. The summed E-state index contributed by atoms with van der Waals surface area (Å²) in [5, 5.41) is 0. The van der Waals surface area contributed by atoms with Gasteiger partial charge < -0.3 is 5.73 Å². The third kappa shape index (κ3) is 2.20. The van der Waals surface area contributed by atoms with E-state index in [4.69, 9.17) is 5.73 Å². The second kappa shape index (κ2) is 4.27. The van der Waals surface area contributed by atoms with Gasteiger partial charge in [0.25, 0.3) is 0 Å². The van der Waals surface area contributed by atoms with Gasteiger partial charge in [0.2, 0.25) is 0 Å². The highest BCUT2D eigenvalue weighted by molar-refractivity contribution is 7.90. The Kier molecular flexibility index (Phi) is 2.95. The highest BCUT2D eigenvalue weighted by atomic mass is 32.2. The molecule has 0 aromatic carbocycles. The van der Waals surface area contributed by atoms with Crippen LogP contribution in [0.25, 0.3) is 5.82 Å². The molecule has 0 atom stereocenters. The van der Waals surface area contributed by atoms with E-state index in [1.807, 2.05) is 0 Å². The summed E-state index contributed by atoms with van der Waals surface area (Å²) in [6.45, 7) is 0.215. The molecule has 90 valence electrons. The topological polar surface area (TPSA) is 90.9 Å². The normalized spacial score (nSPS) is 11.6. The quantitative estimate of drug-likeness (QED) is 0.838. The van der Waals surface area contributed by atoms with E-state index in [0.29, 0.717) is 11.6 Å². The fourth-order valence-electron chi connectivity index (χ4n) is 1.53. The molecule has 0 aliphatic heterocycles. The highest BCUT2D eigenvalue weighted by Gasteiger charge is 2.16. The Morgan fingerprint density at radius 1 is 1.35 bits per heavy atom. The minimum atomic E-state index is -3.34. The summed E-state index contributed by atoms with van der Waals surface area (Å²) in [5.41, 5.74) is 5.53. The minimum absolute atomic E-state index is 0.160. The molecule has 2 aromatic rings. The second-order valence-corrected chi connectivity index (χ2v) is 5.50. The maximum atomic E-state index is 11.6. The smallest absolute Gasteiger partial charge is 0.179 e. The molecule has 0 saturated heterocycles. The van der Waals surface area contributed by atoms with Gasteiger partial charge in [0.05, 0.1) is 6.54 Å². The van der Waals surface area contributed by atoms with Crippen LogP contribution in [0.4, 0.5) is 0 Å². The van der Waals surface area contributed by atoms with Crippen LogP contribution in [-0.2, 0) is 16.4 Å². The van der Waals surface area contributed by atoms with Crippen LogP contribution in [0.3, 0.4) is 0 Å². The van der Waals surface area contributed by atoms with Gasteiger partial charge in [-0.25, -0.2) is 18.4 Å². The Labute approximate surface area is 99.0 Å². The van der Waals surface area contributed by atoms with Crippen LogP contribution in [0.15, 0.2) is 35.6 Å². The molecule has 0 fully saturated rings. The molecule has 0 radical (unpaired) electrons. The van der Waals surface area contributed by atoms with E-state index < -0.39 is 9.84 Å². The van der Waals surface area contributed by atoms with Crippen LogP contribution in [0.2, 0.25) is 0 Å². The number of imidazole rings is 1. The lowest BCUT2D eigenvalue weighted by Crippen LogP contribution is -2.11. The number of hydrogen-bond donors (Lipinski definition) is 1. The maximum Gasteiger partial charge on any atom is 0.179 e. The van der Waals surface area contributed by atoms with E-state index in [1.165, 1.54) is 12.3 Å². The van der Waals surface area contributed by atoms with E-state index in [1.54, 1.807) is 23.0 Å². The fourth-order valence-corrected chi connectivity index (χ4v) is 2.34. The van der Waals surface area contributed by atoms with E-state index in [0.717, 1.165) is 6.26 Å². The van der Waals surface area contributed by atoms with Crippen LogP contribution in [-0.4, -0.2) is 29.2 Å². The van der Waals surface area contributed by atoms with E-state index in [9.17, 15) is 8.42 Å². The first kappa shape index (κ1) is 11.7. The van der Waals surface area contributed by atoms with Crippen LogP contribution in [0.1, 0.15) is 5.82 Å². The fraction of sp³-hybridized carbons (Fsp3) is 0.200. The van der Waals surface area contributed by atoms with Gasteiger partial charge in [-0.3, -0.25) is 4.57 Å². The maximum absolute atomic E-state index is 11.6. The third-order valence-electron chi connectivity index (χ3n) is 2.28. The van der Waals surface area contributed by atoms with Crippen molar-refractivity contribution in [3.63, 3.8) is 0 Å². The van der Waals surface area contributed by atoms with Crippen molar-refractivity contribution in [2.24, 2.45) is 5.73 Å². The molecule has 0 amide bonds. The zero-order valence-electron chi connectivity index (χ0n) is 9.24. The van der Waals surface area contributed by atoms with E-state index in [2.05, 4.69) is 9.97 Å². The standard InChI is InChI=1S/C10H12N4O2S/c1-17(15,16)8-3-2-4-13-10(8)14-6-5-12-9(14)7-11/h2-6H,7,11H2,1H3. The minimum Gasteiger partial charge on any atom is -0.324 e. The van der Waals surface area contributed by atoms with Crippen molar-refractivity contribution in [2.75, 3.05) is 6.26 Å². The van der Waals surface area contributed by atoms with Gasteiger partial charge in [-0.1, -0.05) is 0 Å². The number of hydrogen-bond acceptors (Lipinski definition) is 5. The first-order valence-electron chi connectivity index (χ1n) is 4.92. The molecule has 0 unspecified atom stereocenters. The van der Waals surface area contributed by atoms with Crippen LogP contribution in [0.5, 0.6) is 0 Å². The van der Waals surface area contributed by atoms with E-state index in [-0.39, 0.29) is 11.4 Å². The monoisotopic (exact) mass is 252 g/mol. The lowest BCUT2D eigenvalue weighted by molar-refractivity contribution is 0.600. The predicted octanol–water partition coefficient (Wildman–Crippen LogP) is 0.130. The van der Waals surface area contributed by atoms with Crippen LogP contribution in [0, 0.1) is 0 Å². The molecule has 0 aliphatic carbocycles. The molecule has 0 saturated carbocycles. The van der Waals surface area contributed by atoms with Crippen LogP contribution < -0.4 is 5.73 Å². The summed E-state index contributed by atoms with van der Waals surface area (Å²) in [4.78, 5) is 8.28. The zero-order valence-corrected chi connectivity index (χ0v) is 10.1. The molecule has 0 bridgehead atoms. The lowest BCUT2D eigenvalue weighted by Gasteiger charge is -2.09. The Morgan fingerprint density at radius 2 is 2.12 bits per heavy atom. The average molecular weight is 252 g/mol. The van der Waals surface area contributed by atoms with Crippen LogP contribution >= 0.6 is 0 Å². The number of aromatic nitrogens is 3. The Morgan fingerprint density at radius 3 is 2.76 bits per heavy atom. The van der Waals surface area contributed by atoms with Gasteiger partial charge in [-0.05, 0) is 12.1 Å². The third-order valence-corrected chi connectivity index (χ3v) is 3.40. The molecule has 6 nitrogen and oxygen atoms in total. The van der Waals surface area contributed by atoms with Crippen molar-refractivity contribution in [1.29, 1.82) is 0 Å². The Bertz CT molecular complexity index is 633. The molecule has 2 heterocycles. The molecular weight excluding hydrogens is 240 g/mol. The van der Waals surface area contributed by atoms with Crippen molar-refractivity contribution in [3.05, 3.63) is 36.5 Å². The summed E-state index contributed by atoms with van der Waals surface area (Å²) in [7, 11) is -3.34. The summed E-state index contributed by atoms with van der Waals surface area (Å²) in [5.74, 6) is 0.890.